The topological polar surface area (TPSA) is 21.6 Å². The molecule has 0 spiro atoms. The Morgan fingerprint density at radius 1 is 1.69 bits per heavy atom. The Morgan fingerprint density at radius 3 is 2.94 bits per heavy atom. The Morgan fingerprint density at radius 2 is 2.38 bits per heavy atom. The fourth-order valence-electron chi connectivity index (χ4n) is 0.965. The number of ether oxygens (including phenoxy) is 1. The van der Waals surface area contributed by atoms with E-state index in [-0.39, 0.29) is 10.7 Å². The van der Waals surface area contributed by atoms with E-state index in [2.05, 4.69) is 29.0 Å². The van der Waals surface area contributed by atoms with Crippen LogP contribution in [0.5, 0.6) is 5.75 Å². The highest BCUT2D eigenvalue weighted by atomic mass is 35.5. The summed E-state index contributed by atoms with van der Waals surface area (Å²) in [6, 6.07) is 2.50. The Hall–Kier alpha value is -1.22. The van der Waals surface area contributed by atoms with E-state index in [1.165, 1.54) is 6.07 Å². The molecular formula is C11H9ClFNOS. The van der Waals surface area contributed by atoms with Gasteiger partial charge in [0.05, 0.1) is 10.2 Å². The van der Waals surface area contributed by atoms with Crippen LogP contribution in [0.3, 0.4) is 0 Å². The van der Waals surface area contributed by atoms with E-state index in [0.717, 1.165) is 11.6 Å². The van der Waals surface area contributed by atoms with Crippen molar-refractivity contribution in [2.24, 2.45) is 4.99 Å². The first kappa shape index (κ1) is 12.8. The molecule has 0 radical (unpaired) electrons. The summed E-state index contributed by atoms with van der Waals surface area (Å²) in [5.74, 6) is -0.222. The highest BCUT2D eigenvalue weighted by molar-refractivity contribution is 7.78. The molecule has 0 aliphatic rings. The number of hydrogen-bond acceptors (Lipinski definition) is 3. The summed E-state index contributed by atoms with van der Waals surface area (Å²) in [5, 5.41) is 2.27. The van der Waals surface area contributed by atoms with Crippen LogP contribution in [-0.4, -0.2) is 11.8 Å². The molecule has 0 saturated heterocycles. The molecule has 0 heterocycles. The van der Waals surface area contributed by atoms with Crippen LogP contribution in [0.1, 0.15) is 6.92 Å². The summed E-state index contributed by atoms with van der Waals surface area (Å²) in [4.78, 5) is 3.56. The van der Waals surface area contributed by atoms with Crippen LogP contribution in [-0.2, 0) is 0 Å². The molecule has 16 heavy (non-hydrogen) atoms. The molecule has 0 amide bonds. The Balaban J connectivity index is 3.04. The maximum Gasteiger partial charge on any atom is 0.151 e. The van der Waals surface area contributed by atoms with E-state index in [4.69, 9.17) is 16.3 Å². The third kappa shape index (κ3) is 3.42. The number of hydrogen-bond donors (Lipinski definition) is 0. The molecule has 5 heteroatoms. The van der Waals surface area contributed by atoms with Crippen molar-refractivity contribution in [2.75, 3.05) is 6.61 Å². The Labute approximate surface area is 103 Å². The lowest BCUT2D eigenvalue weighted by Crippen LogP contribution is -1.98. The zero-order chi connectivity index (χ0) is 12.1. The summed E-state index contributed by atoms with van der Waals surface area (Å²) in [5.41, 5.74) is 0.886. The van der Waals surface area contributed by atoms with Crippen molar-refractivity contribution in [1.82, 2.24) is 0 Å². The van der Waals surface area contributed by atoms with Gasteiger partial charge in [0.25, 0.3) is 0 Å². The van der Waals surface area contributed by atoms with Crippen LogP contribution in [0.2, 0.25) is 5.02 Å². The van der Waals surface area contributed by atoms with Crippen molar-refractivity contribution in [1.29, 1.82) is 0 Å². The lowest BCUT2D eigenvalue weighted by molar-refractivity contribution is 0.352. The smallest absolute Gasteiger partial charge is 0.151 e. The van der Waals surface area contributed by atoms with Crippen molar-refractivity contribution in [2.45, 2.75) is 6.92 Å². The predicted molar refractivity (Wildman–Crippen MR) is 66.4 cm³/mol. The van der Waals surface area contributed by atoms with Crippen molar-refractivity contribution >= 4 is 34.7 Å². The van der Waals surface area contributed by atoms with E-state index in [0.29, 0.717) is 12.4 Å². The standard InChI is InChI=1S/C11H9ClFNOS/c1-7(2)5-15-11-4-10(14-6-16)9(13)3-8(11)12/h3-4H,1,5H2,2H3. The zero-order valence-corrected chi connectivity index (χ0v) is 10.2. The Bertz CT molecular complexity index is 469. The lowest BCUT2D eigenvalue weighted by Gasteiger charge is -2.08. The van der Waals surface area contributed by atoms with Gasteiger partial charge in [-0.2, -0.15) is 4.99 Å². The summed E-state index contributed by atoms with van der Waals surface area (Å²) in [6.45, 7) is 5.81. The molecule has 0 unspecified atom stereocenters. The van der Waals surface area contributed by atoms with E-state index in [9.17, 15) is 4.39 Å². The van der Waals surface area contributed by atoms with Crippen LogP contribution < -0.4 is 4.74 Å². The summed E-state index contributed by atoms with van der Waals surface area (Å²) >= 11 is 10.2. The second kappa shape index (κ2) is 5.75. The molecule has 1 aromatic carbocycles. The number of isothiocyanates is 1. The van der Waals surface area contributed by atoms with Gasteiger partial charge in [-0.3, -0.25) is 0 Å². The van der Waals surface area contributed by atoms with Crippen molar-refractivity contribution < 1.29 is 9.13 Å². The molecule has 0 atom stereocenters. The van der Waals surface area contributed by atoms with Crippen LogP contribution in [0.4, 0.5) is 10.1 Å². The average molecular weight is 258 g/mol. The number of thiocarbonyl (C=S) groups is 1. The largest absolute Gasteiger partial charge is 0.488 e. The molecule has 0 aromatic heterocycles. The van der Waals surface area contributed by atoms with Gasteiger partial charge in [-0.25, -0.2) is 4.39 Å². The van der Waals surface area contributed by atoms with Crippen molar-refractivity contribution in [3.05, 3.63) is 35.1 Å². The number of benzene rings is 1. The van der Waals surface area contributed by atoms with Gasteiger partial charge in [-0.15, -0.1) is 0 Å². The van der Waals surface area contributed by atoms with Crippen molar-refractivity contribution in [3.8, 4) is 5.75 Å². The van der Waals surface area contributed by atoms with Gasteiger partial charge >= 0.3 is 0 Å². The molecule has 2 nitrogen and oxygen atoms in total. The van der Waals surface area contributed by atoms with E-state index >= 15 is 0 Å². The molecule has 0 aliphatic heterocycles. The van der Waals surface area contributed by atoms with Gasteiger partial charge in [0.1, 0.15) is 18.0 Å². The number of rotatable bonds is 4. The first-order valence-electron chi connectivity index (χ1n) is 4.38. The third-order valence-corrected chi connectivity index (χ3v) is 2.03. The van der Waals surface area contributed by atoms with Crippen LogP contribution in [0.25, 0.3) is 0 Å². The van der Waals surface area contributed by atoms with E-state index in [1.807, 2.05) is 6.92 Å². The first-order valence-corrected chi connectivity index (χ1v) is 5.17. The predicted octanol–water partition coefficient (Wildman–Crippen LogP) is 4.17. The van der Waals surface area contributed by atoms with Gasteiger partial charge in [0, 0.05) is 6.07 Å². The number of aliphatic imine (C=N–C) groups is 1. The molecular weight excluding hydrogens is 249 g/mol. The van der Waals surface area contributed by atoms with E-state index in [1.54, 1.807) is 0 Å². The molecule has 0 N–H and O–H groups in total. The molecule has 0 bridgehead atoms. The van der Waals surface area contributed by atoms with Crippen LogP contribution >= 0.6 is 23.8 Å². The maximum absolute atomic E-state index is 13.3. The quantitative estimate of drug-likeness (QED) is 0.459. The van der Waals surface area contributed by atoms with Gasteiger partial charge in [-0.1, -0.05) is 18.2 Å². The van der Waals surface area contributed by atoms with Gasteiger partial charge < -0.3 is 4.74 Å². The highest BCUT2D eigenvalue weighted by Crippen LogP contribution is 2.32. The maximum atomic E-state index is 13.3. The van der Waals surface area contributed by atoms with Crippen LogP contribution in [0.15, 0.2) is 29.3 Å². The molecule has 0 aliphatic carbocycles. The minimum absolute atomic E-state index is 0.0520. The molecule has 1 rings (SSSR count). The van der Waals surface area contributed by atoms with Gasteiger partial charge in [0.15, 0.2) is 5.82 Å². The lowest BCUT2D eigenvalue weighted by atomic mass is 10.3. The van der Waals surface area contributed by atoms with Crippen LogP contribution in [0, 0.1) is 5.82 Å². The SMILES string of the molecule is C=C(C)COc1cc(N=C=S)c(F)cc1Cl. The average Bonchev–Trinajstić information content (AvgIpc) is 2.20. The molecule has 1 aromatic rings. The zero-order valence-electron chi connectivity index (χ0n) is 8.59. The normalized spacial score (nSPS) is 9.44. The Kier molecular flexibility index (Phi) is 4.62. The minimum Gasteiger partial charge on any atom is -0.488 e. The number of halogens is 2. The van der Waals surface area contributed by atoms with Crippen molar-refractivity contribution in [3.63, 3.8) is 0 Å². The molecule has 0 saturated carbocycles. The fraction of sp³-hybridized carbons (Fsp3) is 0.182. The molecule has 84 valence electrons. The summed E-state index contributed by atoms with van der Waals surface area (Å²) in [7, 11) is 0. The first-order chi connectivity index (χ1) is 7.54. The summed E-state index contributed by atoms with van der Waals surface area (Å²) < 4.78 is 18.6. The van der Waals surface area contributed by atoms with E-state index < -0.39 is 5.82 Å². The number of nitrogens with zero attached hydrogens (tertiary/aromatic N) is 1. The van der Waals surface area contributed by atoms with Gasteiger partial charge in [0.2, 0.25) is 0 Å². The molecule has 0 fully saturated rings. The minimum atomic E-state index is -0.565. The second-order valence-corrected chi connectivity index (χ2v) is 3.77. The second-order valence-electron chi connectivity index (χ2n) is 3.18. The monoisotopic (exact) mass is 257 g/mol. The van der Waals surface area contributed by atoms with Gasteiger partial charge in [-0.05, 0) is 30.8 Å². The highest BCUT2D eigenvalue weighted by Gasteiger charge is 2.09. The summed E-state index contributed by atoms with van der Waals surface area (Å²) in [6.07, 6.45) is 0. The third-order valence-electron chi connectivity index (χ3n) is 1.64. The fourth-order valence-corrected chi connectivity index (χ4v) is 1.27.